The Hall–Kier alpha value is -3.45. The molecule has 3 N–H and O–H groups in total. The predicted octanol–water partition coefficient (Wildman–Crippen LogP) is 5.29. The minimum Gasteiger partial charge on any atom is -0.387 e. The van der Waals surface area contributed by atoms with Gasteiger partial charge in [-0.2, -0.15) is 0 Å². The summed E-state index contributed by atoms with van der Waals surface area (Å²) in [6.07, 6.45) is 8.37. The third-order valence-corrected chi connectivity index (χ3v) is 6.51. The lowest BCUT2D eigenvalue weighted by molar-refractivity contribution is 0.111. The molecule has 0 saturated heterocycles. The normalized spacial score (nSPS) is 18.8. The van der Waals surface area contributed by atoms with Gasteiger partial charge in [0, 0.05) is 24.8 Å². The van der Waals surface area contributed by atoms with Gasteiger partial charge in [-0.15, -0.1) is 0 Å². The molecule has 0 aliphatic heterocycles. The zero-order valence-electron chi connectivity index (χ0n) is 19.3. The number of benzene rings is 1. The van der Waals surface area contributed by atoms with Crippen LogP contribution in [0.5, 0.6) is 0 Å². The second kappa shape index (κ2) is 10.2. The van der Waals surface area contributed by atoms with E-state index in [-0.39, 0.29) is 34.8 Å². The van der Waals surface area contributed by atoms with Crippen molar-refractivity contribution in [1.29, 1.82) is 0 Å². The number of aromatic nitrogens is 2. The SMILES string of the molecule is CNc1cnccc1C1CC(C(C)Cc2cccc(F)c2-c2nc(C=O)ccc2F)=CC(N)C1. The third kappa shape index (κ3) is 4.89. The summed E-state index contributed by atoms with van der Waals surface area (Å²) in [5.41, 5.74) is 10.4. The van der Waals surface area contributed by atoms with Gasteiger partial charge in [-0.1, -0.05) is 30.7 Å². The van der Waals surface area contributed by atoms with Crippen LogP contribution in [0.15, 0.2) is 60.4 Å². The fraction of sp³-hybridized carbons (Fsp3) is 0.296. The van der Waals surface area contributed by atoms with Crippen molar-refractivity contribution in [2.24, 2.45) is 11.7 Å². The Bertz CT molecular complexity index is 1230. The first kappa shape index (κ1) is 23.7. The van der Waals surface area contributed by atoms with Crippen molar-refractivity contribution in [1.82, 2.24) is 9.97 Å². The van der Waals surface area contributed by atoms with Gasteiger partial charge in [0.15, 0.2) is 6.29 Å². The first-order chi connectivity index (χ1) is 16.4. The van der Waals surface area contributed by atoms with E-state index in [1.54, 1.807) is 18.3 Å². The van der Waals surface area contributed by atoms with Crippen molar-refractivity contribution in [3.05, 3.63) is 88.9 Å². The topological polar surface area (TPSA) is 80.9 Å². The highest BCUT2D eigenvalue weighted by atomic mass is 19.1. The Labute approximate surface area is 198 Å². The maximum atomic E-state index is 14.9. The van der Waals surface area contributed by atoms with Crippen LogP contribution in [-0.4, -0.2) is 29.3 Å². The molecule has 0 spiro atoms. The van der Waals surface area contributed by atoms with Gasteiger partial charge in [0.2, 0.25) is 0 Å². The maximum Gasteiger partial charge on any atom is 0.168 e. The fourth-order valence-electron chi connectivity index (χ4n) is 4.84. The highest BCUT2D eigenvalue weighted by Gasteiger charge is 2.27. The van der Waals surface area contributed by atoms with Crippen LogP contribution < -0.4 is 11.1 Å². The molecule has 0 fully saturated rings. The van der Waals surface area contributed by atoms with Gasteiger partial charge in [0.25, 0.3) is 0 Å². The Morgan fingerprint density at radius 1 is 1.21 bits per heavy atom. The van der Waals surface area contributed by atoms with E-state index in [9.17, 15) is 13.6 Å². The molecular formula is C27H28F2N4O. The molecule has 1 aliphatic rings. The summed E-state index contributed by atoms with van der Waals surface area (Å²) < 4.78 is 29.6. The fourth-order valence-corrected chi connectivity index (χ4v) is 4.84. The molecule has 2 aromatic heterocycles. The Kier molecular flexibility index (Phi) is 7.12. The van der Waals surface area contributed by atoms with Gasteiger partial charge in [0.1, 0.15) is 23.0 Å². The van der Waals surface area contributed by atoms with Crippen LogP contribution in [0.4, 0.5) is 14.5 Å². The van der Waals surface area contributed by atoms with E-state index in [4.69, 9.17) is 5.73 Å². The van der Waals surface area contributed by atoms with Gasteiger partial charge < -0.3 is 11.1 Å². The molecule has 3 aromatic rings. The quantitative estimate of drug-likeness (QED) is 0.369. The number of carbonyl (C=O) groups excluding carboxylic acids is 1. The van der Waals surface area contributed by atoms with E-state index in [1.807, 2.05) is 19.3 Å². The summed E-state index contributed by atoms with van der Waals surface area (Å²) in [5, 5.41) is 3.21. The number of hydrogen-bond acceptors (Lipinski definition) is 5. The number of nitrogens with one attached hydrogen (secondary N) is 1. The lowest BCUT2D eigenvalue weighted by Crippen LogP contribution is -2.27. The molecular weight excluding hydrogens is 434 g/mol. The zero-order chi connectivity index (χ0) is 24.2. The lowest BCUT2D eigenvalue weighted by atomic mass is 9.76. The van der Waals surface area contributed by atoms with Crippen LogP contribution in [0, 0.1) is 17.6 Å². The van der Waals surface area contributed by atoms with Crippen LogP contribution >= 0.6 is 0 Å². The number of halogens is 2. The Morgan fingerprint density at radius 2 is 2.03 bits per heavy atom. The molecule has 0 radical (unpaired) electrons. The van der Waals surface area contributed by atoms with Gasteiger partial charge in [-0.05, 0) is 66.5 Å². The molecule has 1 aliphatic carbocycles. The summed E-state index contributed by atoms with van der Waals surface area (Å²) in [4.78, 5) is 19.4. The van der Waals surface area contributed by atoms with Crippen molar-refractivity contribution in [3.8, 4) is 11.3 Å². The van der Waals surface area contributed by atoms with Gasteiger partial charge in [-0.25, -0.2) is 13.8 Å². The van der Waals surface area contributed by atoms with E-state index in [0.717, 1.165) is 24.6 Å². The maximum absolute atomic E-state index is 14.9. The number of rotatable bonds is 7. The molecule has 2 heterocycles. The van der Waals surface area contributed by atoms with Crippen molar-refractivity contribution in [3.63, 3.8) is 0 Å². The number of carbonyl (C=O) groups is 1. The van der Waals surface area contributed by atoms with Gasteiger partial charge in [-0.3, -0.25) is 9.78 Å². The second-order valence-electron chi connectivity index (χ2n) is 8.82. The van der Waals surface area contributed by atoms with E-state index in [1.165, 1.54) is 23.3 Å². The van der Waals surface area contributed by atoms with Crippen LogP contribution in [0.3, 0.4) is 0 Å². The van der Waals surface area contributed by atoms with Crippen LogP contribution in [0.25, 0.3) is 11.3 Å². The zero-order valence-corrected chi connectivity index (χ0v) is 19.3. The molecule has 0 saturated carbocycles. The molecule has 7 heteroatoms. The Balaban J connectivity index is 1.64. The van der Waals surface area contributed by atoms with Crippen LogP contribution in [0.1, 0.15) is 47.3 Å². The molecule has 3 unspecified atom stereocenters. The largest absolute Gasteiger partial charge is 0.387 e. The molecule has 0 amide bonds. The third-order valence-electron chi connectivity index (χ3n) is 6.51. The first-order valence-corrected chi connectivity index (χ1v) is 11.4. The molecule has 34 heavy (non-hydrogen) atoms. The number of aldehydes is 1. The lowest BCUT2D eigenvalue weighted by Gasteiger charge is -2.31. The minimum atomic E-state index is -0.666. The van der Waals surface area contributed by atoms with E-state index < -0.39 is 11.6 Å². The number of pyridine rings is 2. The van der Waals surface area contributed by atoms with Crippen molar-refractivity contribution < 1.29 is 13.6 Å². The number of anilines is 1. The predicted molar refractivity (Wildman–Crippen MR) is 130 cm³/mol. The highest BCUT2D eigenvalue weighted by Crippen LogP contribution is 2.39. The van der Waals surface area contributed by atoms with Crippen molar-refractivity contribution in [2.75, 3.05) is 12.4 Å². The molecule has 0 bridgehead atoms. The molecule has 1 aromatic carbocycles. The number of hydrogen-bond donors (Lipinski definition) is 2. The highest BCUT2D eigenvalue weighted by molar-refractivity contribution is 5.75. The summed E-state index contributed by atoms with van der Waals surface area (Å²) in [7, 11) is 1.88. The van der Waals surface area contributed by atoms with Crippen molar-refractivity contribution in [2.45, 2.75) is 38.1 Å². The van der Waals surface area contributed by atoms with Crippen molar-refractivity contribution >= 4 is 12.0 Å². The number of allylic oxidation sites excluding steroid dienone is 1. The summed E-state index contributed by atoms with van der Waals surface area (Å²) in [6.45, 7) is 2.08. The van der Waals surface area contributed by atoms with Gasteiger partial charge >= 0.3 is 0 Å². The first-order valence-electron chi connectivity index (χ1n) is 11.4. The monoisotopic (exact) mass is 462 g/mol. The molecule has 4 rings (SSSR count). The summed E-state index contributed by atoms with van der Waals surface area (Å²) in [5.74, 6) is -0.951. The minimum absolute atomic E-state index is 0.0478. The van der Waals surface area contributed by atoms with Crippen LogP contribution in [-0.2, 0) is 6.42 Å². The van der Waals surface area contributed by atoms with E-state index in [0.29, 0.717) is 18.3 Å². The number of nitrogens with zero attached hydrogens (tertiary/aromatic N) is 2. The Morgan fingerprint density at radius 3 is 2.79 bits per heavy atom. The second-order valence-corrected chi connectivity index (χ2v) is 8.82. The smallest absolute Gasteiger partial charge is 0.168 e. The molecule has 3 atom stereocenters. The van der Waals surface area contributed by atoms with E-state index in [2.05, 4.69) is 28.3 Å². The molecule has 5 nitrogen and oxygen atoms in total. The van der Waals surface area contributed by atoms with E-state index >= 15 is 0 Å². The average Bonchev–Trinajstić information content (AvgIpc) is 2.84. The average molecular weight is 463 g/mol. The summed E-state index contributed by atoms with van der Waals surface area (Å²) in [6, 6.07) is 9.04. The standard InChI is InChI=1S/C27H28F2N4O/c1-16(18-11-19(13-20(30)12-18)22-8-9-32-14-25(22)31-2)10-17-4-3-5-23(28)26(17)27-24(29)7-6-21(15-34)33-27/h3-9,12,14-16,19-20,31H,10-11,13,30H2,1-2H3. The van der Waals surface area contributed by atoms with Crippen LogP contribution in [0.2, 0.25) is 0 Å². The number of nitrogens with two attached hydrogens (primary N) is 1. The molecule has 176 valence electrons. The summed E-state index contributed by atoms with van der Waals surface area (Å²) >= 11 is 0. The van der Waals surface area contributed by atoms with Gasteiger partial charge in [0.05, 0.1) is 11.9 Å².